The van der Waals surface area contributed by atoms with Crippen molar-refractivity contribution in [2.75, 3.05) is 20.1 Å². The van der Waals surface area contributed by atoms with E-state index in [1.54, 1.807) is 0 Å². The molecule has 1 unspecified atom stereocenters. The number of hydrogen-bond donors (Lipinski definition) is 1. The fraction of sp³-hybridized carbons (Fsp3) is 0.562. The molecule has 1 fully saturated rings. The van der Waals surface area contributed by atoms with E-state index in [0.717, 1.165) is 31.3 Å². The molecule has 0 spiro atoms. The molecule has 1 N–H and O–H groups in total. The number of alkyl halides is 3. The average molecular weight is 446 g/mol. The third-order valence-electron chi connectivity index (χ3n) is 4.81. The Labute approximate surface area is 162 Å². The van der Waals surface area contributed by atoms with E-state index >= 15 is 0 Å². The summed E-state index contributed by atoms with van der Waals surface area (Å²) in [4.78, 5) is 6.59. The van der Waals surface area contributed by atoms with Gasteiger partial charge in [-0.15, -0.1) is 5.10 Å². The Morgan fingerprint density at radius 2 is 2.04 bits per heavy atom. The van der Waals surface area contributed by atoms with Gasteiger partial charge in [-0.1, -0.05) is 0 Å². The number of halogens is 4. The lowest BCUT2D eigenvalue weighted by Crippen LogP contribution is -2.42. The first kappa shape index (κ1) is 18.3. The number of nitrogens with one attached hydrogen (secondary N) is 1. The highest BCUT2D eigenvalue weighted by Crippen LogP contribution is 2.32. The van der Waals surface area contributed by atoms with Gasteiger partial charge < -0.3 is 10.2 Å². The highest BCUT2D eigenvalue weighted by molar-refractivity contribution is 9.10. The van der Waals surface area contributed by atoms with Crippen molar-refractivity contribution in [3.63, 3.8) is 0 Å². The largest absolute Gasteiger partial charge is 0.417 e. The lowest BCUT2D eigenvalue weighted by molar-refractivity contribution is -0.138. The second-order valence-corrected chi connectivity index (χ2v) is 7.62. The SMILES string of the molecule is CN1N=C(N2CCCC2)NC1CCc1nc2c(Br)cc(C(F)(F)F)cn2n1. The number of pyridine rings is 1. The Bertz CT molecular complexity index is 873. The molecule has 146 valence electrons. The third-order valence-corrected chi connectivity index (χ3v) is 5.39. The Hall–Kier alpha value is -2.04. The predicted octanol–water partition coefficient (Wildman–Crippen LogP) is 2.67. The average Bonchev–Trinajstić information content (AvgIpc) is 3.31. The van der Waals surface area contributed by atoms with E-state index in [1.807, 2.05) is 12.1 Å². The first-order valence-electron chi connectivity index (χ1n) is 8.76. The van der Waals surface area contributed by atoms with Gasteiger partial charge in [0.15, 0.2) is 11.5 Å². The molecular formula is C16H19BrF3N7. The van der Waals surface area contributed by atoms with Crippen molar-refractivity contribution < 1.29 is 13.2 Å². The Morgan fingerprint density at radius 1 is 1.30 bits per heavy atom. The number of aromatic nitrogens is 3. The van der Waals surface area contributed by atoms with Crippen LogP contribution in [0, 0.1) is 0 Å². The van der Waals surface area contributed by atoms with E-state index in [0.29, 0.717) is 24.3 Å². The van der Waals surface area contributed by atoms with Crippen LogP contribution in [0.5, 0.6) is 0 Å². The molecule has 0 radical (unpaired) electrons. The van der Waals surface area contributed by atoms with E-state index < -0.39 is 11.7 Å². The summed E-state index contributed by atoms with van der Waals surface area (Å²) in [6.07, 6.45) is 0.122. The van der Waals surface area contributed by atoms with Crippen LogP contribution in [0.4, 0.5) is 13.2 Å². The molecular weight excluding hydrogens is 427 g/mol. The van der Waals surface area contributed by atoms with Crippen LogP contribution in [-0.2, 0) is 12.6 Å². The first-order chi connectivity index (χ1) is 12.8. The monoisotopic (exact) mass is 445 g/mol. The molecule has 7 nitrogen and oxygen atoms in total. The third kappa shape index (κ3) is 3.69. The van der Waals surface area contributed by atoms with Crippen LogP contribution in [0.25, 0.3) is 5.65 Å². The van der Waals surface area contributed by atoms with E-state index in [9.17, 15) is 13.2 Å². The minimum Gasteiger partial charge on any atom is -0.341 e. The summed E-state index contributed by atoms with van der Waals surface area (Å²) < 4.78 is 40.3. The van der Waals surface area contributed by atoms with Gasteiger partial charge in [-0.2, -0.15) is 18.3 Å². The van der Waals surface area contributed by atoms with E-state index in [2.05, 4.69) is 41.3 Å². The number of fused-ring (bicyclic) bond motifs is 1. The number of nitrogens with zero attached hydrogens (tertiary/aromatic N) is 6. The summed E-state index contributed by atoms with van der Waals surface area (Å²) in [6, 6.07) is 1.02. The molecule has 2 aliphatic heterocycles. The summed E-state index contributed by atoms with van der Waals surface area (Å²) in [5.41, 5.74) is -0.390. The minimum atomic E-state index is -4.43. The number of aryl methyl sites for hydroxylation is 1. The van der Waals surface area contributed by atoms with E-state index in [1.165, 1.54) is 17.4 Å². The topological polar surface area (TPSA) is 61.1 Å². The van der Waals surface area contributed by atoms with Crippen LogP contribution in [-0.4, -0.2) is 56.8 Å². The fourth-order valence-corrected chi connectivity index (χ4v) is 3.87. The molecule has 4 rings (SSSR count). The van der Waals surface area contributed by atoms with Crippen LogP contribution < -0.4 is 5.32 Å². The van der Waals surface area contributed by atoms with Crippen molar-refractivity contribution >= 4 is 27.5 Å². The zero-order valence-electron chi connectivity index (χ0n) is 14.7. The van der Waals surface area contributed by atoms with Gasteiger partial charge in [0.25, 0.3) is 0 Å². The molecule has 1 saturated heterocycles. The van der Waals surface area contributed by atoms with Gasteiger partial charge in [0, 0.05) is 32.8 Å². The van der Waals surface area contributed by atoms with E-state index in [-0.39, 0.29) is 10.6 Å². The Kier molecular flexibility index (Phi) is 4.65. The molecule has 0 aromatic carbocycles. The number of rotatable bonds is 3. The van der Waals surface area contributed by atoms with Crippen molar-refractivity contribution in [2.45, 2.75) is 38.0 Å². The maximum Gasteiger partial charge on any atom is 0.417 e. The van der Waals surface area contributed by atoms with Gasteiger partial charge in [0.1, 0.15) is 6.17 Å². The van der Waals surface area contributed by atoms with Gasteiger partial charge in [-0.3, -0.25) is 5.01 Å². The zero-order chi connectivity index (χ0) is 19.2. The second-order valence-electron chi connectivity index (χ2n) is 6.76. The Morgan fingerprint density at radius 3 is 2.74 bits per heavy atom. The van der Waals surface area contributed by atoms with Crippen molar-refractivity contribution in [3.8, 4) is 0 Å². The molecule has 2 aromatic heterocycles. The summed E-state index contributed by atoms with van der Waals surface area (Å²) in [5, 5.41) is 14.0. The number of likely N-dealkylation sites (tertiary alicyclic amines) is 1. The second kappa shape index (κ2) is 6.84. The van der Waals surface area contributed by atoms with Crippen LogP contribution in [0.3, 0.4) is 0 Å². The lowest BCUT2D eigenvalue weighted by atomic mass is 10.2. The highest BCUT2D eigenvalue weighted by Gasteiger charge is 2.32. The van der Waals surface area contributed by atoms with E-state index in [4.69, 9.17) is 0 Å². The van der Waals surface area contributed by atoms with Gasteiger partial charge in [-0.25, -0.2) is 9.50 Å². The fourth-order valence-electron chi connectivity index (χ4n) is 3.35. The number of hydrogen-bond acceptors (Lipinski definition) is 6. The normalized spacial score (nSPS) is 20.5. The van der Waals surface area contributed by atoms with Crippen molar-refractivity contribution in [2.24, 2.45) is 5.10 Å². The molecule has 0 saturated carbocycles. The molecule has 27 heavy (non-hydrogen) atoms. The Balaban J connectivity index is 1.44. The summed E-state index contributed by atoms with van der Waals surface area (Å²) in [6.45, 7) is 2.02. The number of hydrazone groups is 1. The molecule has 2 aliphatic rings. The van der Waals surface area contributed by atoms with Crippen molar-refractivity contribution in [1.29, 1.82) is 0 Å². The summed E-state index contributed by atoms with van der Waals surface area (Å²) in [7, 11) is 1.91. The molecule has 1 atom stereocenters. The van der Waals surface area contributed by atoms with Gasteiger partial charge in [0.05, 0.1) is 10.0 Å². The molecule has 0 aliphatic carbocycles. The van der Waals surface area contributed by atoms with Crippen LogP contribution >= 0.6 is 15.9 Å². The van der Waals surface area contributed by atoms with Gasteiger partial charge >= 0.3 is 6.18 Å². The van der Waals surface area contributed by atoms with Gasteiger partial charge in [-0.05, 0) is 41.3 Å². The van der Waals surface area contributed by atoms with Crippen LogP contribution in [0.15, 0.2) is 21.8 Å². The maximum atomic E-state index is 12.9. The van der Waals surface area contributed by atoms with Gasteiger partial charge in [0.2, 0.25) is 5.96 Å². The van der Waals surface area contributed by atoms with Crippen LogP contribution in [0.1, 0.15) is 30.7 Å². The van der Waals surface area contributed by atoms with Crippen LogP contribution in [0.2, 0.25) is 0 Å². The standard InChI is InChI=1S/C16H19BrF3N7/c1-25-13(22-15(24-25)26-6-2-3-7-26)5-4-12-21-14-11(17)8-10(16(18,19)20)9-27(14)23-12/h8-9,13H,2-7H2,1H3,(H,22,24). The zero-order valence-corrected chi connectivity index (χ0v) is 16.3. The smallest absolute Gasteiger partial charge is 0.341 e. The summed E-state index contributed by atoms with van der Waals surface area (Å²) in [5.74, 6) is 1.39. The summed E-state index contributed by atoms with van der Waals surface area (Å²) >= 11 is 3.16. The first-order valence-corrected chi connectivity index (χ1v) is 9.55. The maximum absolute atomic E-state index is 12.9. The number of guanidine groups is 1. The quantitative estimate of drug-likeness (QED) is 0.786. The lowest BCUT2D eigenvalue weighted by Gasteiger charge is -2.20. The minimum absolute atomic E-state index is 0.0152. The molecule has 2 aromatic rings. The van der Waals surface area contributed by atoms with Crippen molar-refractivity contribution in [3.05, 3.63) is 28.1 Å². The molecule has 0 amide bonds. The molecule has 0 bridgehead atoms. The molecule has 11 heteroatoms. The van der Waals surface area contributed by atoms with Crippen molar-refractivity contribution in [1.82, 2.24) is 29.8 Å². The molecule has 4 heterocycles. The highest BCUT2D eigenvalue weighted by atomic mass is 79.9. The predicted molar refractivity (Wildman–Crippen MR) is 96.9 cm³/mol.